The summed E-state index contributed by atoms with van der Waals surface area (Å²) in [4.78, 5) is 10.4. The third kappa shape index (κ3) is 5.05. The molecule has 1 aliphatic heterocycles. The van der Waals surface area contributed by atoms with Crippen LogP contribution in [-0.4, -0.2) is 35.6 Å². The van der Waals surface area contributed by atoms with Crippen molar-refractivity contribution in [2.75, 3.05) is 30.3 Å². The van der Waals surface area contributed by atoms with E-state index in [1.54, 1.807) is 11.3 Å². The van der Waals surface area contributed by atoms with Gasteiger partial charge in [-0.3, -0.25) is 0 Å². The number of nitrogens with zero attached hydrogens (tertiary/aromatic N) is 2. The van der Waals surface area contributed by atoms with Gasteiger partial charge in [-0.25, -0.2) is 9.97 Å². The first-order valence-corrected chi connectivity index (χ1v) is 10.4. The van der Waals surface area contributed by atoms with E-state index in [-0.39, 0.29) is 0 Å². The molecular weight excluding hydrogens is 354 g/mol. The van der Waals surface area contributed by atoms with Crippen molar-refractivity contribution in [2.45, 2.75) is 25.3 Å². The Hall–Kier alpha value is -2.44. The number of hydrogen-bond donors (Lipinski definition) is 3. The van der Waals surface area contributed by atoms with Crippen molar-refractivity contribution in [3.63, 3.8) is 0 Å². The summed E-state index contributed by atoms with van der Waals surface area (Å²) in [5, 5.41) is 12.5. The van der Waals surface area contributed by atoms with E-state index in [0.29, 0.717) is 12.0 Å². The lowest BCUT2D eigenvalue weighted by atomic mass is 10.1. The van der Waals surface area contributed by atoms with E-state index < -0.39 is 0 Å². The zero-order valence-electron chi connectivity index (χ0n) is 15.3. The Morgan fingerprint density at radius 1 is 1.11 bits per heavy atom. The molecule has 0 aliphatic carbocycles. The monoisotopic (exact) mass is 379 g/mol. The Labute approximate surface area is 164 Å². The molecular formula is C21H25N5S. The maximum absolute atomic E-state index is 4.69. The highest BCUT2D eigenvalue weighted by Crippen LogP contribution is 2.23. The quantitative estimate of drug-likeness (QED) is 0.579. The van der Waals surface area contributed by atoms with Crippen molar-refractivity contribution in [1.82, 2.24) is 15.3 Å². The number of rotatable bonds is 7. The summed E-state index contributed by atoms with van der Waals surface area (Å²) in [6.07, 6.45) is 5.13. The molecule has 1 aliphatic rings. The number of hydrogen-bond acceptors (Lipinski definition) is 6. The van der Waals surface area contributed by atoms with Crippen LogP contribution in [0, 0.1) is 0 Å². The summed E-state index contributed by atoms with van der Waals surface area (Å²) in [5.74, 6) is 0.681. The standard InChI is InChI=1S/C21H25N5S/c1-3-16(15-18(4-1)25-17-6-10-22-11-7-17)20-9-13-24-21(26-20)23-12-8-19-5-2-14-27-19/h1-5,9,13-15,17,22,25H,6-8,10-12H2,(H,23,24,26). The van der Waals surface area contributed by atoms with Crippen LogP contribution in [0.25, 0.3) is 11.3 Å². The smallest absolute Gasteiger partial charge is 0.223 e. The average Bonchev–Trinajstić information content (AvgIpc) is 3.23. The van der Waals surface area contributed by atoms with Gasteiger partial charge in [-0.15, -0.1) is 11.3 Å². The van der Waals surface area contributed by atoms with Crippen LogP contribution >= 0.6 is 11.3 Å². The zero-order chi connectivity index (χ0) is 18.3. The van der Waals surface area contributed by atoms with Gasteiger partial charge in [0.25, 0.3) is 0 Å². The number of piperidine rings is 1. The first kappa shape index (κ1) is 17.9. The third-order valence-corrected chi connectivity index (χ3v) is 5.69. The van der Waals surface area contributed by atoms with Gasteiger partial charge in [0.05, 0.1) is 5.69 Å². The van der Waals surface area contributed by atoms with Crippen molar-refractivity contribution >= 4 is 23.0 Å². The summed E-state index contributed by atoms with van der Waals surface area (Å²) in [6, 6.07) is 15.3. The predicted octanol–water partition coefficient (Wildman–Crippen LogP) is 4.02. The molecule has 140 valence electrons. The molecule has 0 bridgehead atoms. The van der Waals surface area contributed by atoms with E-state index in [0.717, 1.165) is 55.8 Å². The highest BCUT2D eigenvalue weighted by atomic mass is 32.1. The normalized spacial score (nSPS) is 14.8. The second-order valence-corrected chi connectivity index (χ2v) is 7.80. The first-order chi connectivity index (χ1) is 13.4. The van der Waals surface area contributed by atoms with Gasteiger partial charge < -0.3 is 16.0 Å². The highest BCUT2D eigenvalue weighted by Gasteiger charge is 2.12. The van der Waals surface area contributed by atoms with Crippen LogP contribution < -0.4 is 16.0 Å². The van der Waals surface area contributed by atoms with Crippen molar-refractivity contribution in [1.29, 1.82) is 0 Å². The molecule has 4 rings (SSSR count). The van der Waals surface area contributed by atoms with Crippen molar-refractivity contribution in [3.05, 3.63) is 58.9 Å². The summed E-state index contributed by atoms with van der Waals surface area (Å²) in [5.41, 5.74) is 3.21. The Balaban J connectivity index is 1.41. The van der Waals surface area contributed by atoms with E-state index >= 15 is 0 Å². The van der Waals surface area contributed by atoms with Crippen LogP contribution in [0.3, 0.4) is 0 Å². The molecule has 2 aromatic heterocycles. The van der Waals surface area contributed by atoms with Crippen LogP contribution in [0.1, 0.15) is 17.7 Å². The molecule has 5 nitrogen and oxygen atoms in total. The van der Waals surface area contributed by atoms with E-state index in [2.05, 4.69) is 62.7 Å². The van der Waals surface area contributed by atoms with Gasteiger partial charge in [-0.1, -0.05) is 18.2 Å². The molecule has 3 heterocycles. The molecule has 0 saturated carbocycles. The molecule has 0 atom stereocenters. The Bertz CT molecular complexity index is 843. The third-order valence-electron chi connectivity index (χ3n) is 4.76. The molecule has 0 spiro atoms. The van der Waals surface area contributed by atoms with Crippen LogP contribution in [-0.2, 0) is 6.42 Å². The highest BCUT2D eigenvalue weighted by molar-refractivity contribution is 7.09. The molecule has 1 fully saturated rings. The minimum absolute atomic E-state index is 0.543. The Morgan fingerprint density at radius 3 is 2.89 bits per heavy atom. The maximum atomic E-state index is 4.69. The van der Waals surface area contributed by atoms with Crippen LogP contribution in [0.15, 0.2) is 54.0 Å². The fourth-order valence-electron chi connectivity index (χ4n) is 3.33. The zero-order valence-corrected chi connectivity index (χ0v) is 16.1. The van der Waals surface area contributed by atoms with Gasteiger partial charge in [0.15, 0.2) is 0 Å². The minimum Gasteiger partial charge on any atom is -0.382 e. The summed E-state index contributed by atoms with van der Waals surface area (Å²) >= 11 is 1.78. The molecule has 0 amide bonds. The van der Waals surface area contributed by atoms with E-state index in [1.165, 1.54) is 4.88 Å². The first-order valence-electron chi connectivity index (χ1n) is 9.54. The average molecular weight is 380 g/mol. The summed E-state index contributed by atoms with van der Waals surface area (Å²) in [7, 11) is 0. The van der Waals surface area contributed by atoms with E-state index in [1.807, 2.05) is 12.3 Å². The second-order valence-electron chi connectivity index (χ2n) is 6.77. The van der Waals surface area contributed by atoms with Crippen molar-refractivity contribution < 1.29 is 0 Å². The van der Waals surface area contributed by atoms with E-state index in [9.17, 15) is 0 Å². The number of nitrogens with one attached hydrogen (secondary N) is 3. The number of benzene rings is 1. The predicted molar refractivity (Wildman–Crippen MR) is 113 cm³/mol. The van der Waals surface area contributed by atoms with Crippen LogP contribution in [0.2, 0.25) is 0 Å². The Morgan fingerprint density at radius 2 is 2.04 bits per heavy atom. The SMILES string of the molecule is c1cc(NC2CCNCC2)cc(-c2ccnc(NCCc3cccs3)n2)c1. The summed E-state index contributed by atoms with van der Waals surface area (Å²) in [6.45, 7) is 3.01. The fourth-order valence-corrected chi connectivity index (χ4v) is 4.04. The van der Waals surface area contributed by atoms with Gasteiger partial charge in [0, 0.05) is 34.9 Å². The second kappa shape index (κ2) is 8.97. The van der Waals surface area contributed by atoms with Gasteiger partial charge in [0.2, 0.25) is 5.95 Å². The minimum atomic E-state index is 0.543. The Kier molecular flexibility index (Phi) is 5.96. The lowest BCUT2D eigenvalue weighted by molar-refractivity contribution is 0.479. The van der Waals surface area contributed by atoms with Gasteiger partial charge in [0.1, 0.15) is 0 Å². The molecule has 0 unspecified atom stereocenters. The van der Waals surface area contributed by atoms with E-state index in [4.69, 9.17) is 4.98 Å². The molecule has 1 saturated heterocycles. The molecule has 0 radical (unpaired) electrons. The summed E-state index contributed by atoms with van der Waals surface area (Å²) < 4.78 is 0. The van der Waals surface area contributed by atoms with Crippen molar-refractivity contribution in [2.24, 2.45) is 0 Å². The van der Waals surface area contributed by atoms with Gasteiger partial charge in [-0.05, 0) is 62.0 Å². The van der Waals surface area contributed by atoms with Crippen molar-refractivity contribution in [3.8, 4) is 11.3 Å². The number of aromatic nitrogens is 2. The number of thiophene rings is 1. The maximum Gasteiger partial charge on any atom is 0.223 e. The molecule has 6 heteroatoms. The number of anilines is 2. The lowest BCUT2D eigenvalue weighted by Gasteiger charge is -2.24. The van der Waals surface area contributed by atoms with Crippen LogP contribution in [0.4, 0.5) is 11.6 Å². The van der Waals surface area contributed by atoms with Gasteiger partial charge in [-0.2, -0.15) is 0 Å². The van der Waals surface area contributed by atoms with Crippen LogP contribution in [0.5, 0.6) is 0 Å². The molecule has 1 aromatic carbocycles. The fraction of sp³-hybridized carbons (Fsp3) is 0.333. The molecule has 3 aromatic rings. The topological polar surface area (TPSA) is 61.9 Å². The largest absolute Gasteiger partial charge is 0.382 e. The van der Waals surface area contributed by atoms with Gasteiger partial charge >= 0.3 is 0 Å². The lowest BCUT2D eigenvalue weighted by Crippen LogP contribution is -2.35. The molecule has 3 N–H and O–H groups in total. The molecule has 27 heavy (non-hydrogen) atoms.